The van der Waals surface area contributed by atoms with Crippen molar-refractivity contribution in [1.82, 2.24) is 9.55 Å². The maximum atomic E-state index is 11.8. The fourth-order valence-electron chi connectivity index (χ4n) is 5.35. The van der Waals surface area contributed by atoms with Gasteiger partial charge in [0.15, 0.2) is 0 Å². The van der Waals surface area contributed by atoms with Crippen molar-refractivity contribution in [2.75, 3.05) is 4.90 Å². The third-order valence-corrected chi connectivity index (χ3v) is 7.08. The molecule has 0 spiro atoms. The third kappa shape index (κ3) is 4.03. The number of nitrogens with two attached hydrogens (primary N) is 1. The number of benzene rings is 4. The van der Waals surface area contributed by atoms with Gasteiger partial charge in [0.1, 0.15) is 5.82 Å². The molecule has 178 valence electrons. The zero-order valence-corrected chi connectivity index (χ0v) is 20.0. The number of hydrogen-bond donors (Lipinski definition) is 1. The van der Waals surface area contributed by atoms with Crippen LogP contribution in [-0.4, -0.2) is 15.5 Å². The van der Waals surface area contributed by atoms with Gasteiger partial charge in [0.05, 0.1) is 11.0 Å². The summed E-state index contributed by atoms with van der Waals surface area (Å²) in [7, 11) is 0. The minimum absolute atomic E-state index is 0.411. The van der Waals surface area contributed by atoms with Crippen molar-refractivity contribution in [3.05, 3.63) is 109 Å². The molecule has 6 rings (SSSR count). The summed E-state index contributed by atoms with van der Waals surface area (Å²) in [4.78, 5) is 19.0. The Kier molecular flexibility index (Phi) is 5.74. The molecule has 5 nitrogen and oxygen atoms in total. The van der Waals surface area contributed by atoms with Crippen LogP contribution in [-0.2, 0) is 0 Å². The number of fused-ring (bicyclic) bond motifs is 1. The number of imidazole rings is 1. The van der Waals surface area contributed by atoms with Gasteiger partial charge in [-0.15, -0.1) is 0 Å². The number of primary amides is 1. The van der Waals surface area contributed by atoms with Gasteiger partial charge in [0.25, 0.3) is 0 Å². The molecule has 1 amide bonds. The first-order chi connectivity index (χ1) is 17.7. The van der Waals surface area contributed by atoms with Crippen LogP contribution < -0.4 is 10.6 Å². The van der Waals surface area contributed by atoms with Gasteiger partial charge in [-0.3, -0.25) is 4.79 Å². The first-order valence-corrected chi connectivity index (χ1v) is 12.5. The quantitative estimate of drug-likeness (QED) is 0.280. The Morgan fingerprint density at radius 1 is 0.778 bits per heavy atom. The molecule has 1 aliphatic rings. The number of carbonyl (C=O) groups excluding carboxylic acids is 1. The molecule has 0 saturated heterocycles. The number of aromatic nitrogens is 2. The number of para-hydroxylation sites is 2. The molecule has 0 atom stereocenters. The number of nitrogens with zero attached hydrogens (tertiary/aromatic N) is 3. The number of amides is 1. The molecule has 1 heterocycles. The van der Waals surface area contributed by atoms with E-state index in [0.29, 0.717) is 11.6 Å². The van der Waals surface area contributed by atoms with E-state index in [1.165, 1.54) is 12.8 Å². The first kappa shape index (κ1) is 22.1. The summed E-state index contributed by atoms with van der Waals surface area (Å²) in [5.74, 6) is 0.510. The van der Waals surface area contributed by atoms with E-state index in [9.17, 15) is 4.79 Å². The summed E-state index contributed by atoms with van der Waals surface area (Å²) in [6.07, 6.45) is 4.74. The van der Waals surface area contributed by atoms with Gasteiger partial charge in [-0.25, -0.2) is 4.98 Å². The molecule has 4 aromatic carbocycles. The van der Waals surface area contributed by atoms with Gasteiger partial charge in [0.2, 0.25) is 5.91 Å². The van der Waals surface area contributed by atoms with Crippen molar-refractivity contribution in [2.45, 2.75) is 31.7 Å². The molecule has 1 saturated carbocycles. The minimum Gasteiger partial charge on any atom is -0.366 e. The molecule has 0 unspecified atom stereocenters. The zero-order valence-electron chi connectivity index (χ0n) is 20.0. The lowest BCUT2D eigenvalue weighted by atomic mass is 10.1. The maximum absolute atomic E-state index is 11.8. The summed E-state index contributed by atoms with van der Waals surface area (Å²) in [6.45, 7) is 0. The second-order valence-corrected chi connectivity index (χ2v) is 9.36. The highest BCUT2D eigenvalue weighted by molar-refractivity contribution is 5.97. The normalized spacial score (nSPS) is 13.8. The lowest BCUT2D eigenvalue weighted by Gasteiger charge is -2.25. The van der Waals surface area contributed by atoms with Crippen LogP contribution in [0.15, 0.2) is 103 Å². The lowest BCUT2D eigenvalue weighted by Crippen LogP contribution is -2.11. The average Bonchev–Trinajstić information content (AvgIpc) is 3.58. The number of carbonyl (C=O) groups is 1. The highest BCUT2D eigenvalue weighted by Crippen LogP contribution is 2.39. The second kappa shape index (κ2) is 9.34. The standard InChI is InChI=1S/C31H28N4O/c32-30(36)23-17-20-29-28(21-23)33-31(35(29)26-13-7-8-14-26)22-15-18-27(19-16-22)34(24-9-3-1-4-10-24)25-11-5-2-6-12-25/h1-6,9-12,15-21,26H,7-8,13-14H2,(H2,32,36). The topological polar surface area (TPSA) is 64.2 Å². The van der Waals surface area contributed by atoms with Crippen molar-refractivity contribution in [3.8, 4) is 11.4 Å². The second-order valence-electron chi connectivity index (χ2n) is 9.36. The van der Waals surface area contributed by atoms with Crippen LogP contribution in [0.1, 0.15) is 42.1 Å². The predicted molar refractivity (Wildman–Crippen MR) is 146 cm³/mol. The van der Waals surface area contributed by atoms with Crippen LogP contribution in [0.4, 0.5) is 17.1 Å². The summed E-state index contributed by atoms with van der Waals surface area (Å²) in [5, 5.41) is 0. The van der Waals surface area contributed by atoms with Gasteiger partial charge >= 0.3 is 0 Å². The molecule has 0 radical (unpaired) electrons. The number of anilines is 3. The van der Waals surface area contributed by atoms with E-state index in [1.807, 2.05) is 30.3 Å². The van der Waals surface area contributed by atoms with E-state index in [-0.39, 0.29) is 0 Å². The fraction of sp³-hybridized carbons (Fsp3) is 0.161. The highest BCUT2D eigenvalue weighted by Gasteiger charge is 2.24. The maximum Gasteiger partial charge on any atom is 0.248 e. The van der Waals surface area contributed by atoms with E-state index < -0.39 is 5.91 Å². The van der Waals surface area contributed by atoms with Crippen LogP contribution in [0, 0.1) is 0 Å². The summed E-state index contributed by atoms with van der Waals surface area (Å²) in [6, 6.07) is 35.4. The molecular formula is C31H28N4O. The first-order valence-electron chi connectivity index (χ1n) is 12.5. The van der Waals surface area contributed by atoms with E-state index >= 15 is 0 Å². The van der Waals surface area contributed by atoms with E-state index in [4.69, 9.17) is 10.7 Å². The molecule has 0 bridgehead atoms. The molecule has 36 heavy (non-hydrogen) atoms. The molecule has 1 aliphatic carbocycles. The molecule has 1 fully saturated rings. The highest BCUT2D eigenvalue weighted by atomic mass is 16.1. The zero-order chi connectivity index (χ0) is 24.5. The van der Waals surface area contributed by atoms with Crippen LogP contribution in [0.25, 0.3) is 22.4 Å². The third-order valence-electron chi connectivity index (χ3n) is 7.08. The van der Waals surface area contributed by atoms with E-state index in [2.05, 4.69) is 82.3 Å². The van der Waals surface area contributed by atoms with Gasteiger partial charge in [0, 0.05) is 34.2 Å². The monoisotopic (exact) mass is 472 g/mol. The lowest BCUT2D eigenvalue weighted by molar-refractivity contribution is 0.100. The molecule has 5 aromatic rings. The van der Waals surface area contributed by atoms with Crippen LogP contribution in [0.5, 0.6) is 0 Å². The Balaban J connectivity index is 1.45. The Hall–Kier alpha value is -4.38. The van der Waals surface area contributed by atoms with Crippen LogP contribution in [0.2, 0.25) is 0 Å². The minimum atomic E-state index is -0.430. The van der Waals surface area contributed by atoms with Gasteiger partial charge in [-0.1, -0.05) is 49.2 Å². The van der Waals surface area contributed by atoms with Crippen molar-refractivity contribution in [2.24, 2.45) is 5.73 Å². The molecule has 0 aliphatic heterocycles. The Morgan fingerprint density at radius 3 is 1.94 bits per heavy atom. The van der Waals surface area contributed by atoms with Crippen LogP contribution in [0.3, 0.4) is 0 Å². The van der Waals surface area contributed by atoms with E-state index in [0.717, 1.165) is 52.3 Å². The Bertz CT molecular complexity index is 1460. The van der Waals surface area contributed by atoms with Crippen LogP contribution >= 0.6 is 0 Å². The average molecular weight is 473 g/mol. The van der Waals surface area contributed by atoms with E-state index in [1.54, 1.807) is 0 Å². The largest absolute Gasteiger partial charge is 0.366 e. The molecule has 5 heteroatoms. The number of rotatable bonds is 6. The fourth-order valence-corrected chi connectivity index (χ4v) is 5.35. The Labute approximate surface area is 210 Å². The SMILES string of the molecule is NC(=O)c1ccc2c(c1)nc(-c1ccc(N(c3ccccc3)c3ccccc3)cc1)n2C1CCCC1. The van der Waals surface area contributed by atoms with Crippen molar-refractivity contribution >= 4 is 34.0 Å². The summed E-state index contributed by atoms with van der Waals surface area (Å²) in [5.41, 5.74) is 12.3. The molecular weight excluding hydrogens is 444 g/mol. The van der Waals surface area contributed by atoms with Crippen molar-refractivity contribution < 1.29 is 4.79 Å². The predicted octanol–water partition coefficient (Wildman–Crippen LogP) is 7.39. The van der Waals surface area contributed by atoms with Gasteiger partial charge in [-0.2, -0.15) is 0 Å². The van der Waals surface area contributed by atoms with Crippen molar-refractivity contribution in [3.63, 3.8) is 0 Å². The number of hydrogen-bond acceptors (Lipinski definition) is 3. The van der Waals surface area contributed by atoms with Gasteiger partial charge < -0.3 is 15.2 Å². The van der Waals surface area contributed by atoms with Gasteiger partial charge in [-0.05, 0) is 79.6 Å². The van der Waals surface area contributed by atoms with Crippen molar-refractivity contribution in [1.29, 1.82) is 0 Å². The summed E-state index contributed by atoms with van der Waals surface area (Å²) < 4.78 is 2.37. The summed E-state index contributed by atoms with van der Waals surface area (Å²) >= 11 is 0. The molecule has 1 aromatic heterocycles. The smallest absolute Gasteiger partial charge is 0.248 e. The Morgan fingerprint density at radius 2 is 1.36 bits per heavy atom. The molecule has 2 N–H and O–H groups in total.